The Morgan fingerprint density at radius 2 is 2.03 bits per heavy atom. The molecule has 3 heterocycles. The minimum atomic E-state index is -0.277. The highest BCUT2D eigenvalue weighted by atomic mass is 32.2. The van der Waals surface area contributed by atoms with Crippen molar-refractivity contribution in [3.05, 3.63) is 80.6 Å². The van der Waals surface area contributed by atoms with Crippen LogP contribution in [0.5, 0.6) is 0 Å². The monoisotopic (exact) mass is 497 g/mol. The van der Waals surface area contributed by atoms with E-state index in [-0.39, 0.29) is 29.6 Å². The summed E-state index contributed by atoms with van der Waals surface area (Å²) in [5.41, 5.74) is 2.03. The fourth-order valence-corrected chi connectivity index (χ4v) is 6.34. The number of hydrogen-bond donors (Lipinski definition) is 1. The number of furan rings is 1. The van der Waals surface area contributed by atoms with Crippen LogP contribution in [0.4, 0.5) is 4.39 Å². The number of aromatic nitrogens is 2. The summed E-state index contributed by atoms with van der Waals surface area (Å²) >= 11 is 2.86. The molecule has 1 amide bonds. The van der Waals surface area contributed by atoms with E-state index in [1.165, 1.54) is 28.8 Å². The largest absolute Gasteiger partial charge is 0.467 e. The van der Waals surface area contributed by atoms with E-state index in [1.807, 2.05) is 6.07 Å². The number of nitrogens with one attached hydrogen (secondary N) is 1. The molecule has 4 aromatic rings. The Morgan fingerprint density at radius 1 is 1.21 bits per heavy atom. The van der Waals surface area contributed by atoms with Crippen molar-refractivity contribution in [1.29, 1.82) is 0 Å². The number of carbonyl (C=O) groups excluding carboxylic acids is 1. The number of thioether (sulfide) groups is 1. The van der Waals surface area contributed by atoms with Gasteiger partial charge in [0.1, 0.15) is 16.4 Å². The van der Waals surface area contributed by atoms with Crippen LogP contribution in [0, 0.1) is 5.82 Å². The molecule has 0 spiro atoms. The second kappa shape index (κ2) is 10.1. The van der Waals surface area contributed by atoms with Gasteiger partial charge < -0.3 is 9.73 Å². The number of nitrogens with zero attached hydrogens (tertiary/aromatic N) is 2. The number of benzene rings is 1. The smallest absolute Gasteiger partial charge is 0.263 e. The van der Waals surface area contributed by atoms with Gasteiger partial charge in [-0.05, 0) is 67.5 Å². The summed E-state index contributed by atoms with van der Waals surface area (Å²) in [5.74, 6) is 0.389. The maximum Gasteiger partial charge on any atom is 0.263 e. The highest BCUT2D eigenvalue weighted by Gasteiger charge is 2.23. The Bertz CT molecular complexity index is 1360. The number of carbonyl (C=O) groups is 1. The summed E-state index contributed by atoms with van der Waals surface area (Å²) in [5, 5.41) is 4.12. The standard InChI is InChI=1S/C25H24FN3O3S2/c26-17-9-7-16(8-10-17)11-12-27-21(30)15-33-25-28-23-22(19-5-1-2-6-20(19)34-23)24(31)29(25)14-18-4-3-13-32-18/h3-4,7-10,13H,1-2,5-6,11-12,14-15H2,(H,27,30). The zero-order valence-electron chi connectivity index (χ0n) is 18.5. The van der Waals surface area contributed by atoms with Crippen molar-refractivity contribution >= 4 is 39.2 Å². The number of hydrogen-bond acceptors (Lipinski definition) is 6. The number of rotatable bonds is 8. The lowest BCUT2D eigenvalue weighted by atomic mass is 9.97. The van der Waals surface area contributed by atoms with Crippen LogP contribution in [0.3, 0.4) is 0 Å². The molecule has 5 rings (SSSR count). The van der Waals surface area contributed by atoms with Gasteiger partial charge in [-0.2, -0.15) is 0 Å². The van der Waals surface area contributed by atoms with E-state index in [2.05, 4.69) is 5.32 Å². The van der Waals surface area contributed by atoms with E-state index >= 15 is 0 Å². The number of halogens is 1. The molecule has 1 aliphatic carbocycles. The lowest BCUT2D eigenvalue weighted by molar-refractivity contribution is -0.118. The minimum absolute atomic E-state index is 0.0694. The van der Waals surface area contributed by atoms with E-state index in [4.69, 9.17) is 9.40 Å². The van der Waals surface area contributed by atoms with E-state index in [1.54, 1.807) is 40.4 Å². The molecule has 1 N–H and O–H groups in total. The average Bonchev–Trinajstić information content (AvgIpc) is 3.48. The van der Waals surface area contributed by atoms with Crippen molar-refractivity contribution in [2.75, 3.05) is 12.3 Å². The zero-order chi connectivity index (χ0) is 23.5. The van der Waals surface area contributed by atoms with Crippen molar-refractivity contribution in [1.82, 2.24) is 14.9 Å². The first kappa shape index (κ1) is 22.9. The molecule has 6 nitrogen and oxygen atoms in total. The summed E-state index contributed by atoms with van der Waals surface area (Å²) in [6.45, 7) is 0.724. The summed E-state index contributed by atoms with van der Waals surface area (Å²) in [6.07, 6.45) is 6.33. The van der Waals surface area contributed by atoms with Crippen LogP contribution in [0.25, 0.3) is 10.2 Å². The molecule has 1 aliphatic rings. The Hall–Kier alpha value is -2.91. The van der Waals surface area contributed by atoms with E-state index < -0.39 is 0 Å². The fraction of sp³-hybridized carbons (Fsp3) is 0.320. The van der Waals surface area contributed by atoms with Gasteiger partial charge in [0.05, 0.1) is 23.9 Å². The van der Waals surface area contributed by atoms with Gasteiger partial charge in [-0.3, -0.25) is 14.2 Å². The van der Waals surface area contributed by atoms with E-state index in [9.17, 15) is 14.0 Å². The minimum Gasteiger partial charge on any atom is -0.467 e. The lowest BCUT2D eigenvalue weighted by Gasteiger charge is -2.13. The number of aryl methyl sites for hydroxylation is 2. The Kier molecular flexibility index (Phi) is 6.82. The molecule has 0 saturated carbocycles. The van der Waals surface area contributed by atoms with Gasteiger partial charge in [0.25, 0.3) is 5.56 Å². The van der Waals surface area contributed by atoms with E-state index in [0.717, 1.165) is 47.0 Å². The molecule has 1 aromatic carbocycles. The van der Waals surface area contributed by atoms with Crippen molar-refractivity contribution in [2.45, 2.75) is 43.8 Å². The van der Waals surface area contributed by atoms with Crippen LogP contribution in [0.15, 0.2) is 57.0 Å². The number of fused-ring (bicyclic) bond motifs is 3. The normalized spacial score (nSPS) is 13.2. The van der Waals surface area contributed by atoms with Gasteiger partial charge >= 0.3 is 0 Å². The topological polar surface area (TPSA) is 77.1 Å². The fourth-order valence-electron chi connectivity index (χ4n) is 4.21. The lowest BCUT2D eigenvalue weighted by Crippen LogP contribution is -2.28. The molecular weight excluding hydrogens is 473 g/mol. The predicted molar refractivity (Wildman–Crippen MR) is 132 cm³/mol. The molecule has 0 atom stereocenters. The second-order valence-electron chi connectivity index (χ2n) is 8.27. The van der Waals surface area contributed by atoms with Crippen molar-refractivity contribution < 1.29 is 13.6 Å². The van der Waals surface area contributed by atoms with Gasteiger partial charge in [-0.15, -0.1) is 11.3 Å². The second-order valence-corrected chi connectivity index (χ2v) is 10.3. The Balaban J connectivity index is 1.33. The van der Waals surface area contributed by atoms with Gasteiger partial charge in [0.15, 0.2) is 5.16 Å². The third-order valence-corrected chi connectivity index (χ3v) is 8.08. The molecule has 0 aliphatic heterocycles. The quantitative estimate of drug-likeness (QED) is 0.285. The Labute approximate surface area is 204 Å². The molecule has 9 heteroatoms. The summed E-state index contributed by atoms with van der Waals surface area (Å²) in [7, 11) is 0. The van der Waals surface area contributed by atoms with Gasteiger partial charge in [-0.1, -0.05) is 23.9 Å². The summed E-state index contributed by atoms with van der Waals surface area (Å²) in [6, 6.07) is 9.87. The molecule has 0 radical (unpaired) electrons. The van der Waals surface area contributed by atoms with Gasteiger partial charge in [0, 0.05) is 11.4 Å². The van der Waals surface area contributed by atoms with Crippen LogP contribution in [0.1, 0.15) is 34.6 Å². The molecule has 0 saturated heterocycles. The SMILES string of the molecule is O=C(CSc1nc2sc3c(c2c(=O)n1Cc1ccco1)CCCC3)NCCc1ccc(F)cc1. The molecule has 34 heavy (non-hydrogen) atoms. The highest BCUT2D eigenvalue weighted by molar-refractivity contribution is 7.99. The summed E-state index contributed by atoms with van der Waals surface area (Å²) < 4.78 is 20.1. The molecule has 0 unspecified atom stereocenters. The van der Waals surface area contributed by atoms with E-state index in [0.29, 0.717) is 23.9 Å². The predicted octanol–water partition coefficient (Wildman–Crippen LogP) is 4.57. The van der Waals surface area contributed by atoms with Gasteiger partial charge in [0.2, 0.25) is 5.91 Å². The zero-order valence-corrected chi connectivity index (χ0v) is 20.1. The molecular formula is C25H24FN3O3S2. The van der Waals surface area contributed by atoms with Crippen LogP contribution >= 0.6 is 23.1 Å². The first-order valence-electron chi connectivity index (χ1n) is 11.3. The third-order valence-electron chi connectivity index (χ3n) is 5.92. The molecule has 176 valence electrons. The van der Waals surface area contributed by atoms with Crippen LogP contribution in [0.2, 0.25) is 0 Å². The molecule has 0 bridgehead atoms. The summed E-state index contributed by atoms with van der Waals surface area (Å²) in [4.78, 5) is 32.9. The first-order valence-corrected chi connectivity index (χ1v) is 13.1. The highest BCUT2D eigenvalue weighted by Crippen LogP contribution is 2.34. The Morgan fingerprint density at radius 3 is 2.82 bits per heavy atom. The molecule has 3 aromatic heterocycles. The van der Waals surface area contributed by atoms with Crippen molar-refractivity contribution in [3.8, 4) is 0 Å². The van der Waals surface area contributed by atoms with Crippen molar-refractivity contribution in [2.24, 2.45) is 0 Å². The third kappa shape index (κ3) is 4.95. The van der Waals surface area contributed by atoms with Crippen molar-refractivity contribution in [3.63, 3.8) is 0 Å². The maximum atomic E-state index is 13.6. The van der Waals surface area contributed by atoms with Crippen LogP contribution in [-0.2, 0) is 30.6 Å². The van der Waals surface area contributed by atoms with Crippen LogP contribution < -0.4 is 10.9 Å². The number of thiophene rings is 1. The average molecular weight is 498 g/mol. The van der Waals surface area contributed by atoms with Crippen LogP contribution in [-0.4, -0.2) is 27.8 Å². The number of amides is 1. The maximum absolute atomic E-state index is 13.6. The molecule has 0 fully saturated rings. The first-order chi connectivity index (χ1) is 16.6. The van der Waals surface area contributed by atoms with Gasteiger partial charge in [-0.25, -0.2) is 9.37 Å².